The lowest BCUT2D eigenvalue weighted by Gasteiger charge is -2.33. The Bertz CT molecular complexity index is 135. The standard InChI is InChI=1S/C11H24N2S/c1-3-13(8-9-14-4-2)11-6-5-7-12-10-11/h11-12H,3-10H2,1-2H3. The van der Waals surface area contributed by atoms with Crippen LogP contribution in [0.3, 0.4) is 0 Å². The smallest absolute Gasteiger partial charge is 0.0221 e. The second-order valence-corrected chi connectivity index (χ2v) is 5.22. The molecular weight excluding hydrogens is 192 g/mol. The minimum absolute atomic E-state index is 0.797. The number of likely N-dealkylation sites (N-methyl/N-ethyl adjacent to an activating group) is 1. The summed E-state index contributed by atoms with van der Waals surface area (Å²) >= 11 is 2.05. The summed E-state index contributed by atoms with van der Waals surface area (Å²) < 4.78 is 0. The SMILES string of the molecule is CCSCCN(CC)C1CCCNC1. The number of hydrogen-bond acceptors (Lipinski definition) is 3. The van der Waals surface area contributed by atoms with Crippen LogP contribution in [-0.2, 0) is 0 Å². The average molecular weight is 216 g/mol. The topological polar surface area (TPSA) is 15.3 Å². The maximum Gasteiger partial charge on any atom is 0.0221 e. The summed E-state index contributed by atoms with van der Waals surface area (Å²) in [5, 5.41) is 3.49. The lowest BCUT2D eigenvalue weighted by Crippen LogP contribution is -2.46. The van der Waals surface area contributed by atoms with Crippen LogP contribution in [0.1, 0.15) is 26.7 Å². The van der Waals surface area contributed by atoms with Crippen molar-refractivity contribution in [1.82, 2.24) is 10.2 Å². The van der Waals surface area contributed by atoms with Gasteiger partial charge < -0.3 is 5.32 Å². The van der Waals surface area contributed by atoms with Crippen molar-refractivity contribution in [1.29, 1.82) is 0 Å². The van der Waals surface area contributed by atoms with E-state index in [-0.39, 0.29) is 0 Å². The first-order chi connectivity index (χ1) is 6.88. The van der Waals surface area contributed by atoms with Crippen LogP contribution in [0.25, 0.3) is 0 Å². The zero-order valence-electron chi connectivity index (χ0n) is 9.59. The number of hydrogen-bond donors (Lipinski definition) is 1. The maximum absolute atomic E-state index is 3.49. The Hall–Kier alpha value is 0.270. The molecule has 2 nitrogen and oxygen atoms in total. The van der Waals surface area contributed by atoms with Gasteiger partial charge in [-0.05, 0) is 31.7 Å². The zero-order chi connectivity index (χ0) is 10.2. The molecule has 14 heavy (non-hydrogen) atoms. The molecule has 1 saturated heterocycles. The number of piperidine rings is 1. The summed E-state index contributed by atoms with van der Waals surface area (Å²) in [7, 11) is 0. The van der Waals surface area contributed by atoms with Gasteiger partial charge in [-0.15, -0.1) is 0 Å². The average Bonchev–Trinajstić information content (AvgIpc) is 2.26. The van der Waals surface area contributed by atoms with Crippen LogP contribution in [0, 0.1) is 0 Å². The number of nitrogens with one attached hydrogen (secondary N) is 1. The van der Waals surface area contributed by atoms with E-state index in [1.165, 1.54) is 50.5 Å². The fourth-order valence-corrected chi connectivity index (χ4v) is 2.72. The normalized spacial score (nSPS) is 22.9. The van der Waals surface area contributed by atoms with Gasteiger partial charge in [0.25, 0.3) is 0 Å². The molecule has 0 aromatic rings. The van der Waals surface area contributed by atoms with Gasteiger partial charge in [0.05, 0.1) is 0 Å². The summed E-state index contributed by atoms with van der Waals surface area (Å²) in [6.07, 6.45) is 2.74. The zero-order valence-corrected chi connectivity index (χ0v) is 10.4. The van der Waals surface area contributed by atoms with E-state index in [9.17, 15) is 0 Å². The molecule has 1 unspecified atom stereocenters. The lowest BCUT2D eigenvalue weighted by molar-refractivity contribution is 0.184. The second-order valence-electron chi connectivity index (χ2n) is 3.83. The highest BCUT2D eigenvalue weighted by Gasteiger charge is 2.18. The summed E-state index contributed by atoms with van der Waals surface area (Å²) in [5.41, 5.74) is 0. The quantitative estimate of drug-likeness (QED) is 0.682. The number of rotatable bonds is 6. The third-order valence-electron chi connectivity index (χ3n) is 2.92. The van der Waals surface area contributed by atoms with Crippen molar-refractivity contribution in [2.24, 2.45) is 0 Å². The van der Waals surface area contributed by atoms with Crippen molar-refractivity contribution in [2.75, 3.05) is 37.7 Å². The van der Waals surface area contributed by atoms with E-state index in [0.717, 1.165) is 6.04 Å². The molecule has 3 heteroatoms. The number of thioether (sulfide) groups is 1. The molecule has 1 N–H and O–H groups in total. The fourth-order valence-electron chi connectivity index (χ4n) is 2.07. The molecule has 1 heterocycles. The Morgan fingerprint density at radius 2 is 2.29 bits per heavy atom. The third-order valence-corrected chi connectivity index (χ3v) is 3.80. The fraction of sp³-hybridized carbons (Fsp3) is 1.00. The molecule has 0 aliphatic carbocycles. The summed E-state index contributed by atoms with van der Waals surface area (Å²) in [6.45, 7) is 9.41. The predicted molar refractivity (Wildman–Crippen MR) is 66.1 cm³/mol. The first kappa shape index (κ1) is 12.3. The lowest BCUT2D eigenvalue weighted by atomic mass is 10.1. The molecule has 1 rings (SSSR count). The largest absolute Gasteiger partial charge is 0.315 e. The highest BCUT2D eigenvalue weighted by atomic mass is 32.2. The van der Waals surface area contributed by atoms with E-state index in [4.69, 9.17) is 0 Å². The van der Waals surface area contributed by atoms with Crippen molar-refractivity contribution in [2.45, 2.75) is 32.7 Å². The van der Waals surface area contributed by atoms with Crippen LogP contribution in [0.4, 0.5) is 0 Å². The maximum atomic E-state index is 3.49. The monoisotopic (exact) mass is 216 g/mol. The molecule has 1 atom stereocenters. The van der Waals surface area contributed by atoms with Crippen molar-refractivity contribution >= 4 is 11.8 Å². The summed E-state index contributed by atoms with van der Waals surface area (Å²) in [5.74, 6) is 2.54. The number of nitrogens with zero attached hydrogens (tertiary/aromatic N) is 1. The van der Waals surface area contributed by atoms with Crippen LogP contribution < -0.4 is 5.32 Å². The van der Waals surface area contributed by atoms with Crippen molar-refractivity contribution in [3.63, 3.8) is 0 Å². The Morgan fingerprint density at radius 1 is 1.43 bits per heavy atom. The second kappa shape index (κ2) is 7.55. The molecule has 1 fully saturated rings. The van der Waals surface area contributed by atoms with Crippen molar-refractivity contribution < 1.29 is 0 Å². The molecule has 0 aromatic carbocycles. The van der Waals surface area contributed by atoms with Crippen molar-refractivity contribution in [3.05, 3.63) is 0 Å². The Kier molecular flexibility index (Phi) is 6.65. The summed E-state index contributed by atoms with van der Waals surface area (Å²) in [4.78, 5) is 2.63. The van der Waals surface area contributed by atoms with Crippen LogP contribution in [0.2, 0.25) is 0 Å². The van der Waals surface area contributed by atoms with Crippen LogP contribution in [0.5, 0.6) is 0 Å². The van der Waals surface area contributed by atoms with Gasteiger partial charge in [-0.1, -0.05) is 13.8 Å². The van der Waals surface area contributed by atoms with Gasteiger partial charge in [0.2, 0.25) is 0 Å². The van der Waals surface area contributed by atoms with E-state index >= 15 is 0 Å². The minimum Gasteiger partial charge on any atom is -0.315 e. The van der Waals surface area contributed by atoms with E-state index < -0.39 is 0 Å². The molecule has 0 bridgehead atoms. The predicted octanol–water partition coefficient (Wildman–Crippen LogP) is 1.81. The van der Waals surface area contributed by atoms with Gasteiger partial charge in [0, 0.05) is 24.9 Å². The van der Waals surface area contributed by atoms with Gasteiger partial charge in [0.1, 0.15) is 0 Å². The van der Waals surface area contributed by atoms with E-state index in [1.807, 2.05) is 0 Å². The van der Waals surface area contributed by atoms with Crippen molar-refractivity contribution in [3.8, 4) is 0 Å². The van der Waals surface area contributed by atoms with Gasteiger partial charge >= 0.3 is 0 Å². The van der Waals surface area contributed by atoms with Crippen LogP contribution >= 0.6 is 11.8 Å². The van der Waals surface area contributed by atoms with E-state index in [1.54, 1.807) is 0 Å². The first-order valence-corrected chi connectivity index (χ1v) is 7.06. The highest BCUT2D eigenvalue weighted by Crippen LogP contribution is 2.11. The van der Waals surface area contributed by atoms with Crippen LogP contribution in [-0.4, -0.2) is 48.6 Å². The van der Waals surface area contributed by atoms with E-state index in [2.05, 4.69) is 35.8 Å². The van der Waals surface area contributed by atoms with Crippen LogP contribution in [0.15, 0.2) is 0 Å². The third kappa shape index (κ3) is 4.20. The minimum atomic E-state index is 0.797. The molecule has 0 radical (unpaired) electrons. The molecule has 84 valence electrons. The van der Waals surface area contributed by atoms with Gasteiger partial charge in [-0.3, -0.25) is 4.90 Å². The van der Waals surface area contributed by atoms with Gasteiger partial charge in [-0.25, -0.2) is 0 Å². The molecule has 0 amide bonds. The Balaban J connectivity index is 2.21. The van der Waals surface area contributed by atoms with E-state index in [0.29, 0.717) is 0 Å². The Morgan fingerprint density at radius 3 is 2.86 bits per heavy atom. The molecule has 0 aromatic heterocycles. The summed E-state index contributed by atoms with van der Waals surface area (Å²) in [6, 6.07) is 0.797. The first-order valence-electron chi connectivity index (χ1n) is 5.91. The van der Waals surface area contributed by atoms with Gasteiger partial charge in [-0.2, -0.15) is 11.8 Å². The molecule has 0 spiro atoms. The molecule has 1 aliphatic rings. The molecule has 1 aliphatic heterocycles. The van der Waals surface area contributed by atoms with Gasteiger partial charge in [0.15, 0.2) is 0 Å². The molecule has 0 saturated carbocycles. The Labute approximate surface area is 92.8 Å². The molecular formula is C11H24N2S. The highest BCUT2D eigenvalue weighted by molar-refractivity contribution is 7.99.